The Morgan fingerprint density at radius 3 is 2.30 bits per heavy atom. The molecule has 4 rings (SSSR count). The van der Waals surface area contributed by atoms with Crippen molar-refractivity contribution >= 4 is 17.6 Å². The Kier molecular flexibility index (Phi) is 9.65. The van der Waals surface area contributed by atoms with Crippen LogP contribution in [0.4, 0.5) is 5.69 Å². The number of nitrogens with one attached hydrogen (secondary N) is 1. The summed E-state index contributed by atoms with van der Waals surface area (Å²) in [4.78, 5) is 25.1. The highest BCUT2D eigenvalue weighted by molar-refractivity contribution is 5.90. The first kappa shape index (κ1) is 27.2. The van der Waals surface area contributed by atoms with Crippen LogP contribution in [0.2, 0.25) is 0 Å². The maximum Gasteiger partial charge on any atom is 0.303 e. The van der Waals surface area contributed by atoms with Gasteiger partial charge < -0.3 is 29.7 Å². The lowest BCUT2D eigenvalue weighted by molar-refractivity contribution is -0.277. The van der Waals surface area contributed by atoms with E-state index < -0.39 is 12.3 Å². The Bertz CT molecular complexity index is 1020. The molecule has 4 atom stereocenters. The number of benzene rings is 2. The van der Waals surface area contributed by atoms with Gasteiger partial charge in [0.15, 0.2) is 6.29 Å². The number of hydrogen-bond acceptors (Lipinski definition) is 7. The topological polar surface area (TPSA) is 118 Å². The molecule has 9 heteroatoms. The minimum absolute atomic E-state index is 0.00477. The van der Waals surface area contributed by atoms with Crippen molar-refractivity contribution in [2.45, 2.75) is 51.3 Å². The molecule has 0 saturated carbocycles. The average Bonchev–Trinajstić information content (AvgIpc) is 2.91. The van der Waals surface area contributed by atoms with E-state index in [1.165, 1.54) is 0 Å². The quantitative estimate of drug-likeness (QED) is 0.443. The van der Waals surface area contributed by atoms with Crippen molar-refractivity contribution in [3.63, 3.8) is 0 Å². The van der Waals surface area contributed by atoms with Crippen molar-refractivity contribution in [2.75, 3.05) is 38.2 Å². The SMILES string of the molecule is CC1C(CN2CCOCC2)OC(c2ccc(NC(=O)CCCC(=O)O)cc2)OC1c1ccc(CO)cc1. The van der Waals surface area contributed by atoms with Crippen LogP contribution in [0, 0.1) is 5.92 Å². The van der Waals surface area contributed by atoms with Crippen LogP contribution in [-0.4, -0.2) is 65.9 Å². The fourth-order valence-electron chi connectivity index (χ4n) is 4.71. The second kappa shape index (κ2) is 13.1. The Hall–Kier alpha value is -2.82. The zero-order valence-corrected chi connectivity index (χ0v) is 21.2. The average molecular weight is 513 g/mol. The molecule has 37 heavy (non-hydrogen) atoms. The second-order valence-electron chi connectivity index (χ2n) is 9.65. The summed E-state index contributed by atoms with van der Waals surface area (Å²) in [5.74, 6) is -1.03. The lowest BCUT2D eigenvalue weighted by Crippen LogP contribution is -2.47. The zero-order chi connectivity index (χ0) is 26.2. The van der Waals surface area contributed by atoms with E-state index in [4.69, 9.17) is 19.3 Å². The van der Waals surface area contributed by atoms with E-state index >= 15 is 0 Å². The molecule has 2 aromatic carbocycles. The maximum absolute atomic E-state index is 12.1. The largest absolute Gasteiger partial charge is 0.481 e. The summed E-state index contributed by atoms with van der Waals surface area (Å²) in [5.41, 5.74) is 3.37. The monoisotopic (exact) mass is 512 g/mol. The van der Waals surface area contributed by atoms with Crippen molar-refractivity contribution in [3.05, 3.63) is 65.2 Å². The normalized spacial score (nSPS) is 24.5. The second-order valence-corrected chi connectivity index (χ2v) is 9.65. The highest BCUT2D eigenvalue weighted by atomic mass is 16.7. The number of hydrogen-bond donors (Lipinski definition) is 3. The van der Waals surface area contributed by atoms with Crippen molar-refractivity contribution in [3.8, 4) is 0 Å². The summed E-state index contributed by atoms with van der Waals surface area (Å²) in [6.07, 6.45) is -0.409. The van der Waals surface area contributed by atoms with Gasteiger partial charge in [-0.25, -0.2) is 0 Å². The number of aliphatic hydroxyl groups excluding tert-OH is 1. The van der Waals surface area contributed by atoms with Gasteiger partial charge in [0.05, 0.1) is 32.0 Å². The molecule has 2 aliphatic rings. The summed E-state index contributed by atoms with van der Waals surface area (Å²) in [5, 5.41) is 21.0. The van der Waals surface area contributed by atoms with Crippen molar-refractivity contribution in [1.29, 1.82) is 0 Å². The summed E-state index contributed by atoms with van der Waals surface area (Å²) >= 11 is 0. The Balaban J connectivity index is 1.47. The third-order valence-corrected chi connectivity index (χ3v) is 6.93. The van der Waals surface area contributed by atoms with E-state index in [0.717, 1.165) is 49.5 Å². The Labute approximate surface area is 217 Å². The minimum Gasteiger partial charge on any atom is -0.481 e. The lowest BCUT2D eigenvalue weighted by Gasteiger charge is -2.43. The number of aliphatic hydroxyl groups is 1. The van der Waals surface area contributed by atoms with Crippen LogP contribution in [0.15, 0.2) is 48.5 Å². The van der Waals surface area contributed by atoms with Gasteiger partial charge in [0, 0.05) is 49.6 Å². The lowest BCUT2D eigenvalue weighted by atomic mass is 9.90. The molecule has 3 N–H and O–H groups in total. The van der Waals surface area contributed by atoms with Gasteiger partial charge in [0.2, 0.25) is 5.91 Å². The molecule has 1 amide bonds. The number of aliphatic carboxylic acids is 1. The van der Waals surface area contributed by atoms with Crippen molar-refractivity contribution in [1.82, 2.24) is 4.90 Å². The van der Waals surface area contributed by atoms with Gasteiger partial charge in [-0.15, -0.1) is 0 Å². The standard InChI is InChI=1S/C28H36N2O7/c1-19-24(17-30-13-15-35-16-14-30)36-28(37-27(19)21-7-5-20(18-31)6-8-21)22-9-11-23(12-10-22)29-25(32)3-2-4-26(33)34/h5-12,19,24,27-28,31H,2-4,13-18H2,1H3,(H,29,32)(H,33,34). The third-order valence-electron chi connectivity index (χ3n) is 6.93. The molecule has 4 unspecified atom stereocenters. The molecule has 0 aliphatic carbocycles. The number of rotatable bonds is 10. The number of anilines is 1. The van der Waals surface area contributed by atoms with Gasteiger partial charge in [-0.2, -0.15) is 0 Å². The van der Waals surface area contributed by atoms with Crippen LogP contribution in [0.25, 0.3) is 0 Å². The summed E-state index contributed by atoms with van der Waals surface area (Å²) in [6.45, 7) is 6.10. The highest BCUT2D eigenvalue weighted by Crippen LogP contribution is 2.42. The maximum atomic E-state index is 12.1. The molecule has 2 aliphatic heterocycles. The van der Waals surface area contributed by atoms with Gasteiger partial charge in [-0.3, -0.25) is 14.5 Å². The number of amides is 1. The molecule has 200 valence electrons. The van der Waals surface area contributed by atoms with Crippen LogP contribution < -0.4 is 5.32 Å². The number of carbonyl (C=O) groups is 2. The molecule has 2 fully saturated rings. The van der Waals surface area contributed by atoms with Gasteiger partial charge >= 0.3 is 5.97 Å². The van der Waals surface area contributed by atoms with E-state index in [9.17, 15) is 14.7 Å². The fraction of sp³-hybridized carbons (Fsp3) is 0.500. The molecular formula is C28H36N2O7. The first-order chi connectivity index (χ1) is 17.9. The van der Waals surface area contributed by atoms with Gasteiger partial charge in [0.1, 0.15) is 0 Å². The number of nitrogens with zero attached hydrogens (tertiary/aromatic N) is 1. The summed E-state index contributed by atoms with van der Waals surface area (Å²) < 4.78 is 18.5. The van der Waals surface area contributed by atoms with Crippen molar-refractivity contribution < 1.29 is 34.0 Å². The van der Waals surface area contributed by atoms with Crippen LogP contribution in [-0.2, 0) is 30.4 Å². The zero-order valence-electron chi connectivity index (χ0n) is 21.2. The molecule has 0 spiro atoms. The van der Waals surface area contributed by atoms with Crippen LogP contribution in [0.1, 0.15) is 55.3 Å². The molecule has 0 aromatic heterocycles. The molecular weight excluding hydrogens is 476 g/mol. The molecule has 2 saturated heterocycles. The van der Waals surface area contributed by atoms with E-state index in [2.05, 4.69) is 17.1 Å². The Morgan fingerprint density at radius 1 is 0.973 bits per heavy atom. The third kappa shape index (κ3) is 7.59. The minimum atomic E-state index is -0.909. The predicted molar refractivity (Wildman–Crippen MR) is 137 cm³/mol. The highest BCUT2D eigenvalue weighted by Gasteiger charge is 2.39. The Morgan fingerprint density at radius 2 is 1.65 bits per heavy atom. The number of carbonyl (C=O) groups excluding carboxylic acids is 1. The van der Waals surface area contributed by atoms with Crippen LogP contribution >= 0.6 is 0 Å². The molecule has 2 aromatic rings. The number of ether oxygens (including phenoxy) is 3. The van der Waals surface area contributed by atoms with Crippen LogP contribution in [0.5, 0.6) is 0 Å². The first-order valence-electron chi connectivity index (χ1n) is 12.8. The summed E-state index contributed by atoms with van der Waals surface area (Å²) in [7, 11) is 0. The van der Waals surface area contributed by atoms with Gasteiger partial charge in [-0.05, 0) is 29.7 Å². The predicted octanol–water partition coefficient (Wildman–Crippen LogP) is 3.50. The first-order valence-corrected chi connectivity index (χ1v) is 12.8. The van der Waals surface area contributed by atoms with E-state index in [0.29, 0.717) is 12.1 Å². The van der Waals surface area contributed by atoms with E-state index in [-0.39, 0.29) is 43.5 Å². The molecule has 0 bridgehead atoms. The molecule has 0 radical (unpaired) electrons. The molecule has 9 nitrogen and oxygen atoms in total. The fourth-order valence-corrected chi connectivity index (χ4v) is 4.71. The van der Waals surface area contributed by atoms with E-state index in [1.54, 1.807) is 12.1 Å². The molecule has 2 heterocycles. The summed E-state index contributed by atoms with van der Waals surface area (Å²) in [6, 6.07) is 15.2. The smallest absolute Gasteiger partial charge is 0.303 e. The number of morpholine rings is 1. The van der Waals surface area contributed by atoms with Gasteiger partial charge in [-0.1, -0.05) is 43.3 Å². The van der Waals surface area contributed by atoms with Gasteiger partial charge in [0.25, 0.3) is 0 Å². The number of carboxylic acids is 1. The van der Waals surface area contributed by atoms with E-state index in [1.807, 2.05) is 36.4 Å². The number of carboxylic acid groups (broad SMARTS) is 1. The van der Waals surface area contributed by atoms with Crippen molar-refractivity contribution in [2.24, 2.45) is 5.92 Å². The van der Waals surface area contributed by atoms with Crippen LogP contribution in [0.3, 0.4) is 0 Å².